The first-order valence-electron chi connectivity index (χ1n) is 12.4. The van der Waals surface area contributed by atoms with Crippen LogP contribution in [-0.2, 0) is 24.8 Å². The van der Waals surface area contributed by atoms with Crippen molar-refractivity contribution in [1.82, 2.24) is 29.5 Å². The maximum Gasteiger partial charge on any atom is 0.219 e. The molecule has 0 radical (unpaired) electrons. The van der Waals surface area contributed by atoms with Gasteiger partial charge in [-0.15, -0.1) is 0 Å². The number of anilines is 2. The number of amides is 1. The van der Waals surface area contributed by atoms with E-state index in [-0.39, 0.29) is 11.9 Å². The number of aryl methyl sites for hydroxylation is 1. The zero-order chi connectivity index (χ0) is 24.4. The number of aliphatic hydroxyl groups excluding tert-OH is 1. The van der Waals surface area contributed by atoms with Crippen LogP contribution in [0.3, 0.4) is 0 Å². The van der Waals surface area contributed by atoms with Crippen molar-refractivity contribution in [3.05, 3.63) is 41.7 Å². The van der Waals surface area contributed by atoms with Crippen molar-refractivity contribution in [2.75, 3.05) is 43.4 Å². The highest BCUT2D eigenvalue weighted by molar-refractivity contribution is 5.93. The average Bonchev–Trinajstić information content (AvgIpc) is 3.19. The Balaban J connectivity index is 1.20. The lowest BCUT2D eigenvalue weighted by Gasteiger charge is -2.31. The lowest BCUT2D eigenvalue weighted by Crippen LogP contribution is -2.41. The summed E-state index contributed by atoms with van der Waals surface area (Å²) < 4.78 is 1.76. The molecule has 1 aromatic carbocycles. The minimum Gasteiger partial charge on any atom is -0.390 e. The van der Waals surface area contributed by atoms with Crippen molar-refractivity contribution < 1.29 is 9.90 Å². The molecule has 10 nitrogen and oxygen atoms in total. The molecule has 1 fully saturated rings. The molecule has 35 heavy (non-hydrogen) atoms. The lowest BCUT2D eigenvalue weighted by molar-refractivity contribution is -0.129. The van der Waals surface area contributed by atoms with Crippen molar-refractivity contribution >= 4 is 28.6 Å². The molecule has 0 bridgehead atoms. The molecule has 0 saturated carbocycles. The summed E-state index contributed by atoms with van der Waals surface area (Å²) in [5.74, 6) is 1.59. The number of nitrogens with one attached hydrogen (secondary N) is 2. The molecule has 2 aromatic heterocycles. The Morgan fingerprint density at radius 1 is 1.14 bits per heavy atom. The molecule has 0 unspecified atom stereocenters. The molecule has 1 atom stereocenters. The van der Waals surface area contributed by atoms with Crippen molar-refractivity contribution in [1.29, 1.82) is 0 Å². The molecule has 2 aliphatic heterocycles. The molecule has 1 saturated heterocycles. The highest BCUT2D eigenvalue weighted by Gasteiger charge is 2.23. The van der Waals surface area contributed by atoms with Crippen molar-refractivity contribution in [2.45, 2.75) is 44.9 Å². The molecule has 5 rings (SSSR count). The van der Waals surface area contributed by atoms with E-state index in [1.807, 2.05) is 11.9 Å². The molecule has 4 heterocycles. The number of rotatable bonds is 7. The van der Waals surface area contributed by atoms with Gasteiger partial charge >= 0.3 is 0 Å². The van der Waals surface area contributed by atoms with E-state index in [0.717, 1.165) is 56.8 Å². The van der Waals surface area contributed by atoms with Gasteiger partial charge in [-0.2, -0.15) is 5.10 Å². The second-order valence-electron chi connectivity index (χ2n) is 9.60. The first kappa shape index (κ1) is 23.5. The quantitative estimate of drug-likeness (QED) is 0.470. The molecule has 1 amide bonds. The van der Waals surface area contributed by atoms with Crippen molar-refractivity contribution in [3.8, 4) is 0 Å². The summed E-state index contributed by atoms with van der Waals surface area (Å²) >= 11 is 0. The number of aromatic nitrogens is 4. The van der Waals surface area contributed by atoms with E-state index in [9.17, 15) is 9.90 Å². The largest absolute Gasteiger partial charge is 0.390 e. The number of aliphatic hydroxyl groups is 1. The number of nitrogens with zero attached hydrogens (tertiary/aromatic N) is 6. The monoisotopic (exact) mass is 478 g/mol. The van der Waals surface area contributed by atoms with Gasteiger partial charge in [-0.25, -0.2) is 9.97 Å². The second kappa shape index (κ2) is 10.2. The Morgan fingerprint density at radius 3 is 2.69 bits per heavy atom. The molecule has 2 aliphatic rings. The second-order valence-corrected chi connectivity index (χ2v) is 9.60. The van der Waals surface area contributed by atoms with Gasteiger partial charge in [0.1, 0.15) is 11.8 Å². The van der Waals surface area contributed by atoms with E-state index in [2.05, 4.69) is 54.9 Å². The van der Waals surface area contributed by atoms with Crippen LogP contribution in [0.4, 0.5) is 11.6 Å². The van der Waals surface area contributed by atoms with Gasteiger partial charge in [0.05, 0.1) is 6.10 Å². The predicted octanol–water partition coefficient (Wildman–Crippen LogP) is 1.62. The van der Waals surface area contributed by atoms with Crippen LogP contribution in [0.2, 0.25) is 0 Å². The van der Waals surface area contributed by atoms with Crippen LogP contribution in [-0.4, -0.2) is 85.4 Å². The fourth-order valence-electron chi connectivity index (χ4n) is 5.12. The number of β-amino-alcohol motifs (C(OH)–C–C–N with tert-alkyl or cyclic N) is 1. The van der Waals surface area contributed by atoms with E-state index >= 15 is 0 Å². The Labute approximate surface area is 205 Å². The number of fused-ring (bicyclic) bond motifs is 2. The zero-order valence-electron chi connectivity index (χ0n) is 20.4. The summed E-state index contributed by atoms with van der Waals surface area (Å²) in [6.45, 7) is 5.95. The van der Waals surface area contributed by atoms with Crippen LogP contribution >= 0.6 is 0 Å². The maximum absolute atomic E-state index is 11.6. The zero-order valence-corrected chi connectivity index (χ0v) is 20.4. The third-order valence-electron chi connectivity index (χ3n) is 7.09. The highest BCUT2D eigenvalue weighted by atomic mass is 16.3. The van der Waals surface area contributed by atoms with E-state index in [1.54, 1.807) is 17.9 Å². The SMILES string of the molecule is CC(=O)N1CCC(Nc2ncnc3c(NC[C@@H](O)CN4CCc5ccccc5C4)n(C)nc23)CC1. The van der Waals surface area contributed by atoms with Crippen LogP contribution in [0.25, 0.3) is 11.0 Å². The van der Waals surface area contributed by atoms with Gasteiger partial charge in [0, 0.05) is 59.3 Å². The van der Waals surface area contributed by atoms with Gasteiger partial charge < -0.3 is 20.6 Å². The molecule has 3 N–H and O–H groups in total. The number of carbonyl (C=O) groups excluding carboxylic acids is 1. The van der Waals surface area contributed by atoms with Crippen molar-refractivity contribution in [3.63, 3.8) is 0 Å². The summed E-state index contributed by atoms with van der Waals surface area (Å²) in [6, 6.07) is 8.77. The topological polar surface area (TPSA) is 111 Å². The van der Waals surface area contributed by atoms with E-state index in [1.165, 1.54) is 11.1 Å². The third kappa shape index (κ3) is 5.23. The molecule has 0 aliphatic carbocycles. The third-order valence-corrected chi connectivity index (χ3v) is 7.09. The van der Waals surface area contributed by atoms with Crippen LogP contribution in [0.15, 0.2) is 30.6 Å². The predicted molar refractivity (Wildman–Crippen MR) is 135 cm³/mol. The normalized spacial score (nSPS) is 17.9. The number of likely N-dealkylation sites (tertiary alicyclic amines) is 1. The molecule has 3 aromatic rings. The summed E-state index contributed by atoms with van der Waals surface area (Å²) in [6.07, 6.45) is 3.79. The summed E-state index contributed by atoms with van der Waals surface area (Å²) in [7, 11) is 1.87. The lowest BCUT2D eigenvalue weighted by atomic mass is 10.00. The first-order chi connectivity index (χ1) is 17.0. The fraction of sp³-hybridized carbons (Fsp3) is 0.520. The first-order valence-corrected chi connectivity index (χ1v) is 12.4. The summed E-state index contributed by atoms with van der Waals surface area (Å²) in [4.78, 5) is 24.7. The van der Waals surface area contributed by atoms with Crippen LogP contribution in [0.5, 0.6) is 0 Å². The summed E-state index contributed by atoms with van der Waals surface area (Å²) in [5, 5.41) is 22.2. The molecule has 186 valence electrons. The minimum atomic E-state index is -0.517. The van der Waals surface area contributed by atoms with Crippen LogP contribution in [0.1, 0.15) is 30.9 Å². The van der Waals surface area contributed by atoms with Gasteiger partial charge in [-0.1, -0.05) is 24.3 Å². The molecule has 10 heteroatoms. The number of benzene rings is 1. The Bertz CT molecular complexity index is 1190. The van der Waals surface area contributed by atoms with Crippen molar-refractivity contribution in [2.24, 2.45) is 7.05 Å². The molecular weight excluding hydrogens is 444 g/mol. The number of hydrogen-bond donors (Lipinski definition) is 3. The molecular formula is C25H34N8O2. The smallest absolute Gasteiger partial charge is 0.219 e. The van der Waals surface area contributed by atoms with Crippen LogP contribution in [0, 0.1) is 0 Å². The van der Waals surface area contributed by atoms with Gasteiger partial charge in [-0.3, -0.25) is 14.4 Å². The number of carbonyl (C=O) groups is 1. The van der Waals surface area contributed by atoms with Gasteiger partial charge in [0.25, 0.3) is 0 Å². The minimum absolute atomic E-state index is 0.126. The highest BCUT2D eigenvalue weighted by Crippen LogP contribution is 2.26. The van der Waals surface area contributed by atoms with Crippen LogP contribution < -0.4 is 10.6 Å². The van der Waals surface area contributed by atoms with E-state index in [4.69, 9.17) is 0 Å². The van der Waals surface area contributed by atoms with Gasteiger partial charge in [-0.05, 0) is 30.4 Å². The summed E-state index contributed by atoms with van der Waals surface area (Å²) in [5.41, 5.74) is 4.19. The Hall–Kier alpha value is -3.24. The van der Waals surface area contributed by atoms with E-state index < -0.39 is 6.10 Å². The molecule has 0 spiro atoms. The standard InChI is InChI=1S/C25H34N8O2/c1-17(34)33-11-8-20(9-12-33)29-24-22-23(27-16-28-24)25(31(2)30-22)26-13-21(35)15-32-10-7-18-5-3-4-6-19(18)14-32/h3-6,16,20-21,26,35H,7-15H2,1-2H3,(H,27,28,29)/t21-/m1/s1. The number of piperidine rings is 1. The Morgan fingerprint density at radius 2 is 1.91 bits per heavy atom. The maximum atomic E-state index is 11.6. The average molecular weight is 479 g/mol. The van der Waals surface area contributed by atoms with Gasteiger partial charge in [0.15, 0.2) is 17.2 Å². The van der Waals surface area contributed by atoms with E-state index in [0.29, 0.717) is 24.4 Å². The fourth-order valence-corrected chi connectivity index (χ4v) is 5.12. The Kier molecular flexibility index (Phi) is 6.83. The number of hydrogen-bond acceptors (Lipinski definition) is 8. The van der Waals surface area contributed by atoms with Gasteiger partial charge in [0.2, 0.25) is 5.91 Å².